The number of nitrogens with zero attached hydrogens (tertiary/aromatic N) is 1. The van der Waals surface area contributed by atoms with Crippen LogP contribution >= 0.6 is 11.6 Å². The number of benzene rings is 1. The minimum atomic E-state index is 0.0824. The molecule has 0 unspecified atom stereocenters. The number of ketones is 1. The summed E-state index contributed by atoms with van der Waals surface area (Å²) < 4.78 is 4.87. The minimum Gasteiger partial charge on any atom is -0.361 e. The number of hydrogen-bond acceptors (Lipinski definition) is 3. The predicted octanol–water partition coefficient (Wildman–Crippen LogP) is 2.68. The summed E-state index contributed by atoms with van der Waals surface area (Å²) >= 11 is 5.83. The van der Waals surface area contributed by atoms with E-state index in [1.165, 1.54) is 6.20 Å². The molecule has 16 heavy (non-hydrogen) atoms. The number of halogens is 1. The number of carbonyl (C=O) groups excluding carboxylic acids is 1. The molecule has 0 radical (unpaired) electrons. The molecule has 0 aliphatic carbocycles. The predicted molar refractivity (Wildman–Crippen MR) is 60.4 cm³/mol. The van der Waals surface area contributed by atoms with E-state index in [0.717, 1.165) is 5.56 Å². The van der Waals surface area contributed by atoms with Gasteiger partial charge >= 0.3 is 0 Å². The Labute approximate surface area is 98.0 Å². The molecule has 0 aliphatic rings. The molecule has 0 N–H and O–H groups in total. The molecule has 0 bridgehead atoms. The lowest BCUT2D eigenvalue weighted by atomic mass is 10.1. The minimum absolute atomic E-state index is 0.0824. The monoisotopic (exact) mass is 235 g/mol. The third kappa shape index (κ3) is 2.94. The van der Waals surface area contributed by atoms with Gasteiger partial charge in [0.1, 0.15) is 11.5 Å². The van der Waals surface area contributed by atoms with Crippen LogP contribution < -0.4 is 0 Å². The van der Waals surface area contributed by atoms with Gasteiger partial charge in [-0.05, 0) is 17.7 Å². The third-order valence-electron chi connectivity index (χ3n) is 2.15. The number of Topliss-reactive ketones (excluding diaryl/α,β-unsaturated/α-hetero) is 1. The molecule has 4 heteroatoms. The largest absolute Gasteiger partial charge is 0.361 e. The van der Waals surface area contributed by atoms with E-state index in [-0.39, 0.29) is 12.2 Å². The lowest BCUT2D eigenvalue weighted by Crippen LogP contribution is -2.05. The summed E-state index contributed by atoms with van der Waals surface area (Å²) in [4.78, 5) is 11.7. The fourth-order valence-electron chi connectivity index (χ4n) is 1.46. The Bertz CT molecular complexity index is 480. The Morgan fingerprint density at radius 2 is 2.19 bits per heavy atom. The maximum absolute atomic E-state index is 11.7. The van der Waals surface area contributed by atoms with Gasteiger partial charge in [-0.2, -0.15) is 0 Å². The van der Waals surface area contributed by atoms with E-state index >= 15 is 0 Å². The fraction of sp³-hybridized carbons (Fsp3) is 0.167. The average molecular weight is 236 g/mol. The summed E-state index contributed by atoms with van der Waals surface area (Å²) in [5.41, 5.74) is 0.914. The molecule has 1 aromatic carbocycles. The van der Waals surface area contributed by atoms with Crippen LogP contribution in [0.5, 0.6) is 0 Å². The average Bonchev–Trinajstić information content (AvgIpc) is 2.70. The van der Waals surface area contributed by atoms with Gasteiger partial charge in [0.25, 0.3) is 0 Å². The first-order valence-electron chi connectivity index (χ1n) is 4.90. The van der Waals surface area contributed by atoms with Crippen LogP contribution in [-0.4, -0.2) is 10.9 Å². The second-order valence-corrected chi connectivity index (χ2v) is 3.94. The molecular weight excluding hydrogens is 226 g/mol. The molecule has 0 amide bonds. The van der Waals surface area contributed by atoms with E-state index in [9.17, 15) is 4.79 Å². The maximum Gasteiger partial charge on any atom is 0.144 e. The first-order valence-corrected chi connectivity index (χ1v) is 5.27. The Morgan fingerprint density at radius 1 is 1.31 bits per heavy atom. The quantitative estimate of drug-likeness (QED) is 0.818. The third-order valence-corrected chi connectivity index (χ3v) is 2.39. The van der Waals surface area contributed by atoms with Gasteiger partial charge in [-0.1, -0.05) is 28.9 Å². The van der Waals surface area contributed by atoms with Crippen molar-refractivity contribution in [2.75, 3.05) is 0 Å². The SMILES string of the molecule is O=C(Cc1cccc(Cl)c1)Cc1ccno1. The number of hydrogen-bond donors (Lipinski definition) is 0. The van der Waals surface area contributed by atoms with Crippen molar-refractivity contribution < 1.29 is 9.32 Å². The molecule has 1 heterocycles. The van der Waals surface area contributed by atoms with Crippen LogP contribution in [0.1, 0.15) is 11.3 Å². The second-order valence-electron chi connectivity index (χ2n) is 3.50. The normalized spacial score (nSPS) is 10.3. The van der Waals surface area contributed by atoms with Gasteiger partial charge in [-0.3, -0.25) is 4.79 Å². The fourth-order valence-corrected chi connectivity index (χ4v) is 1.68. The molecule has 0 saturated heterocycles. The first kappa shape index (κ1) is 10.9. The summed E-state index contributed by atoms with van der Waals surface area (Å²) in [5, 5.41) is 4.19. The molecule has 1 aromatic heterocycles. The lowest BCUT2D eigenvalue weighted by molar-refractivity contribution is -0.118. The van der Waals surface area contributed by atoms with Crippen LogP contribution in [0.25, 0.3) is 0 Å². The summed E-state index contributed by atoms with van der Waals surface area (Å²) in [6, 6.07) is 8.98. The van der Waals surface area contributed by atoms with E-state index < -0.39 is 0 Å². The van der Waals surface area contributed by atoms with Gasteiger partial charge in [0.2, 0.25) is 0 Å². The summed E-state index contributed by atoms with van der Waals surface area (Å²) in [6.45, 7) is 0. The van der Waals surface area contributed by atoms with Gasteiger partial charge in [0.15, 0.2) is 0 Å². The van der Waals surface area contributed by atoms with Crippen LogP contribution in [0, 0.1) is 0 Å². The summed E-state index contributed by atoms with van der Waals surface area (Å²) in [6.07, 6.45) is 2.16. The maximum atomic E-state index is 11.7. The highest BCUT2D eigenvalue weighted by molar-refractivity contribution is 6.30. The van der Waals surface area contributed by atoms with Crippen molar-refractivity contribution in [2.24, 2.45) is 0 Å². The number of carbonyl (C=O) groups is 1. The van der Waals surface area contributed by atoms with Crippen molar-refractivity contribution in [3.05, 3.63) is 52.9 Å². The Morgan fingerprint density at radius 3 is 2.88 bits per heavy atom. The van der Waals surface area contributed by atoms with Crippen molar-refractivity contribution >= 4 is 17.4 Å². The van der Waals surface area contributed by atoms with Crippen molar-refractivity contribution in [1.82, 2.24) is 5.16 Å². The van der Waals surface area contributed by atoms with Crippen molar-refractivity contribution in [2.45, 2.75) is 12.8 Å². The molecule has 2 rings (SSSR count). The lowest BCUT2D eigenvalue weighted by Gasteiger charge is -1.99. The van der Waals surface area contributed by atoms with Crippen LogP contribution in [0.15, 0.2) is 41.1 Å². The van der Waals surface area contributed by atoms with Crippen LogP contribution in [0.3, 0.4) is 0 Å². The van der Waals surface area contributed by atoms with E-state index in [4.69, 9.17) is 16.1 Å². The zero-order valence-corrected chi connectivity index (χ0v) is 9.28. The van der Waals surface area contributed by atoms with Crippen LogP contribution in [0.2, 0.25) is 5.02 Å². The van der Waals surface area contributed by atoms with E-state index in [2.05, 4.69) is 5.16 Å². The van der Waals surface area contributed by atoms with E-state index in [0.29, 0.717) is 17.2 Å². The highest BCUT2D eigenvalue weighted by atomic mass is 35.5. The molecular formula is C12H10ClNO2. The van der Waals surface area contributed by atoms with Crippen molar-refractivity contribution in [1.29, 1.82) is 0 Å². The molecule has 0 aliphatic heterocycles. The van der Waals surface area contributed by atoms with Gasteiger partial charge in [-0.25, -0.2) is 0 Å². The second kappa shape index (κ2) is 4.94. The number of aromatic nitrogens is 1. The molecule has 0 saturated carbocycles. The first-order chi connectivity index (χ1) is 7.74. The van der Waals surface area contributed by atoms with E-state index in [1.807, 2.05) is 12.1 Å². The molecule has 0 spiro atoms. The van der Waals surface area contributed by atoms with Gasteiger partial charge < -0.3 is 4.52 Å². The number of rotatable bonds is 4. The zero-order chi connectivity index (χ0) is 11.4. The molecule has 2 aromatic rings. The zero-order valence-electron chi connectivity index (χ0n) is 8.52. The smallest absolute Gasteiger partial charge is 0.144 e. The van der Waals surface area contributed by atoms with Crippen molar-refractivity contribution in [3.63, 3.8) is 0 Å². The van der Waals surface area contributed by atoms with E-state index in [1.54, 1.807) is 18.2 Å². The molecule has 0 fully saturated rings. The van der Waals surface area contributed by atoms with Crippen molar-refractivity contribution in [3.8, 4) is 0 Å². The van der Waals surface area contributed by atoms with Crippen LogP contribution in [-0.2, 0) is 17.6 Å². The van der Waals surface area contributed by atoms with Crippen LogP contribution in [0.4, 0.5) is 0 Å². The van der Waals surface area contributed by atoms with Gasteiger partial charge in [-0.15, -0.1) is 0 Å². The Balaban J connectivity index is 1.97. The highest BCUT2D eigenvalue weighted by Crippen LogP contribution is 2.12. The Kier molecular flexibility index (Phi) is 3.37. The van der Waals surface area contributed by atoms with Gasteiger partial charge in [0, 0.05) is 17.5 Å². The highest BCUT2D eigenvalue weighted by Gasteiger charge is 2.07. The molecule has 0 atom stereocenters. The summed E-state index contributed by atoms with van der Waals surface area (Å²) in [5.74, 6) is 0.672. The van der Waals surface area contributed by atoms with Gasteiger partial charge in [0.05, 0.1) is 12.6 Å². The topological polar surface area (TPSA) is 43.1 Å². The molecule has 3 nitrogen and oxygen atoms in total. The Hall–Kier alpha value is -1.61. The standard InChI is InChI=1S/C12H10ClNO2/c13-10-3-1-2-9(6-10)7-11(15)8-12-4-5-14-16-12/h1-6H,7-8H2. The summed E-state index contributed by atoms with van der Waals surface area (Å²) in [7, 11) is 0. The molecule has 82 valence electrons.